The lowest BCUT2D eigenvalue weighted by atomic mass is 10.1. The monoisotopic (exact) mass is 320 g/mol. The summed E-state index contributed by atoms with van der Waals surface area (Å²) in [5.41, 5.74) is 2.26. The first-order valence-electron chi connectivity index (χ1n) is 4.38. The second-order valence-corrected chi connectivity index (χ2v) is 6.10. The molecule has 1 aromatic rings. The largest absolute Gasteiger partial charge is 0.346 e. The minimum absolute atomic E-state index is 0.173. The molecule has 1 heterocycles. The maximum atomic E-state index is 5.39. The molecule has 14 heavy (non-hydrogen) atoms. The summed E-state index contributed by atoms with van der Waals surface area (Å²) >= 11 is 6.89. The molecule has 2 nitrogen and oxygen atoms in total. The van der Waals surface area contributed by atoms with Gasteiger partial charge in [0.15, 0.2) is 6.29 Å². The standard InChI is InChI=1S/C10H10Br2O2/c11-9(12)7-1-3-8(4-2-7)10-13-5-6-14-10/h1-4,9-10H,5-6H2. The highest BCUT2D eigenvalue weighted by molar-refractivity contribution is 9.24. The van der Waals surface area contributed by atoms with Gasteiger partial charge in [-0.05, 0) is 5.56 Å². The summed E-state index contributed by atoms with van der Waals surface area (Å²) in [5.74, 6) is 0. The van der Waals surface area contributed by atoms with Crippen molar-refractivity contribution < 1.29 is 9.47 Å². The Kier molecular flexibility index (Phi) is 3.60. The summed E-state index contributed by atoms with van der Waals surface area (Å²) in [5, 5.41) is 0. The topological polar surface area (TPSA) is 18.5 Å². The van der Waals surface area contributed by atoms with Gasteiger partial charge in [-0.1, -0.05) is 56.1 Å². The van der Waals surface area contributed by atoms with Crippen LogP contribution in [0.3, 0.4) is 0 Å². The molecule has 0 spiro atoms. The summed E-state index contributed by atoms with van der Waals surface area (Å²) < 4.78 is 11.0. The van der Waals surface area contributed by atoms with Crippen LogP contribution < -0.4 is 0 Å². The van der Waals surface area contributed by atoms with Gasteiger partial charge in [0.25, 0.3) is 0 Å². The van der Waals surface area contributed by atoms with Crippen LogP contribution >= 0.6 is 31.9 Å². The molecule has 4 heteroatoms. The first-order chi connectivity index (χ1) is 6.77. The van der Waals surface area contributed by atoms with Crippen LogP contribution in [0.5, 0.6) is 0 Å². The van der Waals surface area contributed by atoms with E-state index in [1.54, 1.807) is 0 Å². The molecule has 1 saturated heterocycles. The number of ether oxygens (including phenoxy) is 2. The van der Waals surface area contributed by atoms with Crippen LogP contribution in [-0.2, 0) is 9.47 Å². The molecule has 1 aliphatic heterocycles. The van der Waals surface area contributed by atoms with Crippen LogP contribution in [-0.4, -0.2) is 13.2 Å². The minimum Gasteiger partial charge on any atom is -0.346 e. The molecular weight excluding hydrogens is 312 g/mol. The van der Waals surface area contributed by atoms with Gasteiger partial charge in [-0.3, -0.25) is 0 Å². The number of halogens is 2. The molecule has 1 aromatic carbocycles. The second-order valence-electron chi connectivity index (χ2n) is 3.04. The first kappa shape index (κ1) is 10.6. The van der Waals surface area contributed by atoms with Crippen molar-refractivity contribution in [1.82, 2.24) is 0 Å². The molecule has 0 bridgehead atoms. The zero-order valence-electron chi connectivity index (χ0n) is 7.45. The quantitative estimate of drug-likeness (QED) is 0.776. The lowest BCUT2D eigenvalue weighted by molar-refractivity contribution is -0.0441. The average molecular weight is 322 g/mol. The number of rotatable bonds is 2. The summed E-state index contributed by atoms with van der Waals surface area (Å²) in [4.78, 5) is 0. The normalized spacial score (nSPS) is 17.9. The van der Waals surface area contributed by atoms with Crippen LogP contribution in [0, 0.1) is 0 Å². The Morgan fingerprint density at radius 1 is 1.07 bits per heavy atom. The fraction of sp³-hybridized carbons (Fsp3) is 0.400. The van der Waals surface area contributed by atoms with Crippen molar-refractivity contribution >= 4 is 31.9 Å². The van der Waals surface area contributed by atoms with Crippen LogP contribution in [0.15, 0.2) is 24.3 Å². The summed E-state index contributed by atoms with van der Waals surface area (Å²) in [6, 6.07) is 8.16. The Morgan fingerprint density at radius 2 is 1.64 bits per heavy atom. The molecule has 0 atom stereocenters. The summed E-state index contributed by atoms with van der Waals surface area (Å²) in [6.45, 7) is 1.37. The van der Waals surface area contributed by atoms with Gasteiger partial charge in [0, 0.05) is 5.56 Å². The predicted molar refractivity (Wildman–Crippen MR) is 61.7 cm³/mol. The van der Waals surface area contributed by atoms with Gasteiger partial charge < -0.3 is 9.47 Å². The Balaban J connectivity index is 2.12. The third-order valence-electron chi connectivity index (χ3n) is 2.08. The van der Waals surface area contributed by atoms with Gasteiger partial charge in [0.1, 0.15) is 0 Å². The zero-order valence-corrected chi connectivity index (χ0v) is 10.6. The highest BCUT2D eigenvalue weighted by Gasteiger charge is 2.17. The Hall–Kier alpha value is 0.100. The molecule has 0 aromatic heterocycles. The third kappa shape index (κ3) is 2.37. The highest BCUT2D eigenvalue weighted by atomic mass is 79.9. The second kappa shape index (κ2) is 4.75. The molecule has 0 aliphatic carbocycles. The van der Waals surface area contributed by atoms with Crippen molar-refractivity contribution in [3.05, 3.63) is 35.4 Å². The number of hydrogen-bond donors (Lipinski definition) is 0. The molecule has 1 aliphatic rings. The molecular formula is C10H10Br2O2. The van der Waals surface area contributed by atoms with Gasteiger partial charge in [0.05, 0.1) is 17.0 Å². The van der Waals surface area contributed by atoms with Crippen LogP contribution in [0.4, 0.5) is 0 Å². The third-order valence-corrected chi connectivity index (χ3v) is 3.14. The fourth-order valence-electron chi connectivity index (χ4n) is 1.35. The van der Waals surface area contributed by atoms with E-state index in [4.69, 9.17) is 9.47 Å². The van der Waals surface area contributed by atoms with Gasteiger partial charge >= 0.3 is 0 Å². The first-order valence-corrected chi connectivity index (χ1v) is 6.22. The maximum absolute atomic E-state index is 5.39. The summed E-state index contributed by atoms with van der Waals surface area (Å²) in [6.07, 6.45) is -0.173. The van der Waals surface area contributed by atoms with Crippen molar-refractivity contribution in [1.29, 1.82) is 0 Å². The average Bonchev–Trinajstić information content (AvgIpc) is 2.71. The Bertz CT molecular complexity index is 291. The molecule has 76 valence electrons. The summed E-state index contributed by atoms with van der Waals surface area (Å²) in [7, 11) is 0. The SMILES string of the molecule is BrC(Br)c1ccc(C2OCCO2)cc1. The van der Waals surface area contributed by atoms with E-state index in [2.05, 4.69) is 44.0 Å². The van der Waals surface area contributed by atoms with E-state index in [1.165, 1.54) is 5.56 Å². The molecule has 2 rings (SSSR count). The van der Waals surface area contributed by atoms with E-state index in [1.807, 2.05) is 12.1 Å². The van der Waals surface area contributed by atoms with Crippen LogP contribution in [0.2, 0.25) is 0 Å². The van der Waals surface area contributed by atoms with E-state index >= 15 is 0 Å². The predicted octanol–water partition coefficient (Wildman–Crippen LogP) is 3.52. The van der Waals surface area contributed by atoms with E-state index < -0.39 is 0 Å². The lowest BCUT2D eigenvalue weighted by Gasteiger charge is -2.10. The van der Waals surface area contributed by atoms with Crippen molar-refractivity contribution in [2.45, 2.75) is 10.0 Å². The van der Waals surface area contributed by atoms with Crippen LogP contribution in [0.1, 0.15) is 21.2 Å². The van der Waals surface area contributed by atoms with Crippen molar-refractivity contribution in [3.63, 3.8) is 0 Å². The molecule has 1 fully saturated rings. The van der Waals surface area contributed by atoms with E-state index in [0.29, 0.717) is 13.2 Å². The van der Waals surface area contributed by atoms with Crippen molar-refractivity contribution in [3.8, 4) is 0 Å². The van der Waals surface area contributed by atoms with E-state index in [0.717, 1.165) is 5.56 Å². The van der Waals surface area contributed by atoms with Gasteiger partial charge in [-0.25, -0.2) is 0 Å². The molecule has 0 saturated carbocycles. The maximum Gasteiger partial charge on any atom is 0.184 e. The number of benzene rings is 1. The Labute approximate surface area is 99.8 Å². The van der Waals surface area contributed by atoms with Crippen LogP contribution in [0.25, 0.3) is 0 Å². The fourth-order valence-corrected chi connectivity index (χ4v) is 1.96. The minimum atomic E-state index is -0.173. The zero-order chi connectivity index (χ0) is 9.97. The van der Waals surface area contributed by atoms with Gasteiger partial charge in [0.2, 0.25) is 0 Å². The van der Waals surface area contributed by atoms with E-state index in [-0.39, 0.29) is 10.0 Å². The number of alkyl halides is 2. The Morgan fingerprint density at radius 3 is 2.14 bits per heavy atom. The lowest BCUT2D eigenvalue weighted by Crippen LogP contribution is -1.97. The van der Waals surface area contributed by atoms with Gasteiger partial charge in [-0.2, -0.15) is 0 Å². The number of hydrogen-bond acceptors (Lipinski definition) is 2. The molecule has 0 unspecified atom stereocenters. The molecule has 0 radical (unpaired) electrons. The van der Waals surface area contributed by atoms with Crippen molar-refractivity contribution in [2.24, 2.45) is 0 Å². The molecule has 0 N–H and O–H groups in total. The highest BCUT2D eigenvalue weighted by Crippen LogP contribution is 2.31. The van der Waals surface area contributed by atoms with E-state index in [9.17, 15) is 0 Å². The van der Waals surface area contributed by atoms with Crippen molar-refractivity contribution in [2.75, 3.05) is 13.2 Å². The smallest absolute Gasteiger partial charge is 0.184 e. The van der Waals surface area contributed by atoms with Gasteiger partial charge in [-0.15, -0.1) is 0 Å². The molecule has 0 amide bonds.